The maximum absolute atomic E-state index is 12.2. The van der Waals surface area contributed by atoms with Crippen molar-refractivity contribution in [3.05, 3.63) is 24.3 Å². The minimum absolute atomic E-state index is 0.113. The van der Waals surface area contributed by atoms with Crippen molar-refractivity contribution in [1.82, 2.24) is 29.9 Å². The van der Waals surface area contributed by atoms with Crippen LogP contribution in [0.5, 0.6) is 0 Å². The Morgan fingerprint density at radius 1 is 1.37 bits per heavy atom. The number of hydrogen-bond acceptors (Lipinski definition) is 5. The Hall–Kier alpha value is -2.64. The van der Waals surface area contributed by atoms with Gasteiger partial charge in [-0.3, -0.25) is 4.40 Å². The lowest BCUT2D eigenvalue weighted by Crippen LogP contribution is -2.42. The third-order valence-corrected chi connectivity index (χ3v) is 5.23. The number of nitrogens with zero attached hydrogens (tertiary/aromatic N) is 4. The average Bonchev–Trinajstić information content (AvgIpc) is 3.28. The van der Waals surface area contributed by atoms with E-state index in [-0.39, 0.29) is 23.7 Å². The van der Waals surface area contributed by atoms with Gasteiger partial charge in [-0.05, 0) is 45.6 Å². The summed E-state index contributed by atoms with van der Waals surface area (Å²) in [5.74, 6) is 1.51. The average molecular weight is 370 g/mol. The largest absolute Gasteiger partial charge is 0.446 e. The molecule has 0 saturated heterocycles. The number of carbonyl (C=O) groups excluding carboxylic acids is 1. The van der Waals surface area contributed by atoms with E-state index in [1.807, 2.05) is 33.0 Å². The molecule has 8 nitrogen and oxygen atoms in total. The summed E-state index contributed by atoms with van der Waals surface area (Å²) in [6.07, 6.45) is 5.73. The Bertz CT molecular complexity index is 970. The first-order valence-electron chi connectivity index (χ1n) is 9.51. The molecule has 2 N–H and O–H groups in total. The van der Waals surface area contributed by atoms with Crippen LogP contribution in [0.1, 0.15) is 58.7 Å². The SMILES string of the molecule is CC[C@@H]1C[C@H](OC(=O)NC(C)(C)C)CC1c1nnc2cnc3[nH]ccc3n12. The van der Waals surface area contributed by atoms with Gasteiger partial charge in [-0.25, -0.2) is 9.78 Å². The number of fused-ring (bicyclic) bond motifs is 3. The Kier molecular flexibility index (Phi) is 4.28. The van der Waals surface area contributed by atoms with Gasteiger partial charge in [0.1, 0.15) is 11.9 Å². The lowest BCUT2D eigenvalue weighted by Gasteiger charge is -2.22. The Morgan fingerprint density at radius 2 is 2.19 bits per heavy atom. The molecule has 0 bridgehead atoms. The number of hydrogen-bond donors (Lipinski definition) is 2. The number of alkyl carbamates (subject to hydrolysis) is 1. The predicted octanol–water partition coefficient (Wildman–Crippen LogP) is 3.40. The predicted molar refractivity (Wildman–Crippen MR) is 102 cm³/mol. The summed E-state index contributed by atoms with van der Waals surface area (Å²) in [4.78, 5) is 19.7. The van der Waals surface area contributed by atoms with Crippen molar-refractivity contribution in [3.63, 3.8) is 0 Å². The number of nitrogens with one attached hydrogen (secondary N) is 2. The maximum atomic E-state index is 12.2. The molecule has 0 spiro atoms. The summed E-state index contributed by atoms with van der Waals surface area (Å²) in [6.45, 7) is 8.00. The van der Waals surface area contributed by atoms with E-state index >= 15 is 0 Å². The van der Waals surface area contributed by atoms with Crippen LogP contribution in [0.25, 0.3) is 16.8 Å². The second-order valence-electron chi connectivity index (χ2n) is 8.37. The molecule has 8 heteroatoms. The smallest absolute Gasteiger partial charge is 0.407 e. The number of aromatic amines is 1. The lowest BCUT2D eigenvalue weighted by molar-refractivity contribution is 0.0918. The molecule has 27 heavy (non-hydrogen) atoms. The standard InChI is InChI=1S/C19H26N6O2/c1-5-11-8-12(27-18(26)22-19(2,3)4)9-13(11)17-24-23-15-10-21-16-14(25(15)17)6-7-20-16/h6-7,10-13,20H,5,8-9H2,1-4H3,(H,22,26)/t11-,12+,13?/m1/s1. The van der Waals surface area contributed by atoms with Crippen molar-refractivity contribution < 1.29 is 9.53 Å². The highest BCUT2D eigenvalue weighted by Gasteiger charge is 2.39. The van der Waals surface area contributed by atoms with Gasteiger partial charge in [0.15, 0.2) is 11.3 Å². The van der Waals surface area contributed by atoms with Crippen LogP contribution >= 0.6 is 0 Å². The molecule has 1 fully saturated rings. The zero-order valence-electron chi connectivity index (χ0n) is 16.2. The summed E-state index contributed by atoms with van der Waals surface area (Å²) >= 11 is 0. The molecule has 0 radical (unpaired) electrons. The third-order valence-electron chi connectivity index (χ3n) is 5.23. The van der Waals surface area contributed by atoms with E-state index < -0.39 is 0 Å². The first kappa shape index (κ1) is 17.8. The van der Waals surface area contributed by atoms with E-state index in [9.17, 15) is 4.79 Å². The highest BCUT2D eigenvalue weighted by Crippen LogP contribution is 2.42. The topological polar surface area (TPSA) is 97.2 Å². The maximum Gasteiger partial charge on any atom is 0.407 e. The van der Waals surface area contributed by atoms with Crippen molar-refractivity contribution in [3.8, 4) is 0 Å². The minimum atomic E-state index is -0.355. The monoisotopic (exact) mass is 370 g/mol. The highest BCUT2D eigenvalue weighted by molar-refractivity contribution is 5.74. The van der Waals surface area contributed by atoms with E-state index in [2.05, 4.69) is 36.8 Å². The first-order valence-corrected chi connectivity index (χ1v) is 9.51. The van der Waals surface area contributed by atoms with Crippen LogP contribution in [0.2, 0.25) is 0 Å². The molecule has 3 atom stereocenters. The molecule has 0 aromatic carbocycles. The molecule has 1 amide bonds. The fourth-order valence-electron chi connectivity index (χ4n) is 4.06. The van der Waals surface area contributed by atoms with Crippen molar-refractivity contribution >= 4 is 22.9 Å². The highest BCUT2D eigenvalue weighted by atomic mass is 16.6. The molecule has 0 aliphatic heterocycles. The first-order chi connectivity index (χ1) is 12.9. The van der Waals surface area contributed by atoms with E-state index in [1.165, 1.54) is 0 Å². The van der Waals surface area contributed by atoms with Crippen molar-refractivity contribution in [2.75, 3.05) is 0 Å². The van der Waals surface area contributed by atoms with Crippen LogP contribution in [0.3, 0.4) is 0 Å². The van der Waals surface area contributed by atoms with Crippen LogP contribution in [0.4, 0.5) is 4.79 Å². The summed E-state index contributed by atoms with van der Waals surface area (Å²) in [5.41, 5.74) is 2.21. The fourth-order valence-corrected chi connectivity index (χ4v) is 4.06. The zero-order valence-corrected chi connectivity index (χ0v) is 16.2. The molecule has 1 unspecified atom stereocenters. The van der Waals surface area contributed by atoms with E-state index in [4.69, 9.17) is 4.74 Å². The second kappa shape index (κ2) is 6.51. The molecule has 1 aliphatic carbocycles. The third kappa shape index (κ3) is 3.36. The van der Waals surface area contributed by atoms with Crippen LogP contribution in [0.15, 0.2) is 18.5 Å². The number of rotatable bonds is 3. The van der Waals surface area contributed by atoms with Gasteiger partial charge in [0.25, 0.3) is 0 Å². The number of amides is 1. The van der Waals surface area contributed by atoms with Crippen LogP contribution in [0, 0.1) is 5.92 Å². The van der Waals surface area contributed by atoms with Gasteiger partial charge in [0.2, 0.25) is 0 Å². The fraction of sp³-hybridized carbons (Fsp3) is 0.579. The lowest BCUT2D eigenvalue weighted by atomic mass is 9.93. The van der Waals surface area contributed by atoms with Gasteiger partial charge in [-0.15, -0.1) is 10.2 Å². The molecule has 3 heterocycles. The molecular formula is C19H26N6O2. The summed E-state index contributed by atoms with van der Waals surface area (Å²) in [5, 5.41) is 11.7. The molecule has 144 valence electrons. The van der Waals surface area contributed by atoms with Crippen molar-refractivity contribution in [2.24, 2.45) is 5.92 Å². The summed E-state index contributed by atoms with van der Waals surface area (Å²) in [7, 11) is 0. The summed E-state index contributed by atoms with van der Waals surface area (Å²) in [6, 6.07) is 1.99. The van der Waals surface area contributed by atoms with Crippen LogP contribution < -0.4 is 5.32 Å². The zero-order chi connectivity index (χ0) is 19.2. The normalized spacial score (nSPS) is 23.2. The van der Waals surface area contributed by atoms with Gasteiger partial charge in [0.05, 0.1) is 11.7 Å². The van der Waals surface area contributed by atoms with E-state index in [0.717, 1.165) is 41.9 Å². The van der Waals surface area contributed by atoms with Gasteiger partial charge < -0.3 is 15.0 Å². The molecule has 3 aromatic heterocycles. The quantitative estimate of drug-likeness (QED) is 0.736. The molecule has 4 rings (SSSR count). The Balaban J connectivity index is 1.61. The van der Waals surface area contributed by atoms with Crippen molar-refractivity contribution in [2.45, 2.75) is 64.5 Å². The van der Waals surface area contributed by atoms with Gasteiger partial charge in [-0.2, -0.15) is 0 Å². The van der Waals surface area contributed by atoms with Gasteiger partial charge in [-0.1, -0.05) is 13.3 Å². The number of carbonyl (C=O) groups is 1. The Labute approximate surface area is 157 Å². The minimum Gasteiger partial charge on any atom is -0.446 e. The second-order valence-corrected chi connectivity index (χ2v) is 8.37. The van der Waals surface area contributed by atoms with Crippen molar-refractivity contribution in [1.29, 1.82) is 0 Å². The van der Waals surface area contributed by atoms with Gasteiger partial charge in [0, 0.05) is 17.7 Å². The van der Waals surface area contributed by atoms with Gasteiger partial charge >= 0.3 is 6.09 Å². The molecular weight excluding hydrogens is 344 g/mol. The van der Waals surface area contributed by atoms with E-state index in [0.29, 0.717) is 5.92 Å². The van der Waals surface area contributed by atoms with E-state index in [1.54, 1.807) is 6.20 Å². The number of aromatic nitrogens is 5. The molecule has 1 aliphatic rings. The van der Waals surface area contributed by atoms with Crippen LogP contribution in [-0.2, 0) is 4.74 Å². The Morgan fingerprint density at radius 3 is 2.93 bits per heavy atom. The molecule has 1 saturated carbocycles. The molecule has 3 aromatic rings. The summed E-state index contributed by atoms with van der Waals surface area (Å²) < 4.78 is 7.78. The van der Waals surface area contributed by atoms with Crippen LogP contribution in [-0.4, -0.2) is 42.3 Å². The number of ether oxygens (including phenoxy) is 1. The number of H-pyrrole nitrogens is 1.